The van der Waals surface area contributed by atoms with Gasteiger partial charge in [0.25, 0.3) is 0 Å². The fourth-order valence-electron chi connectivity index (χ4n) is 2.25. The third kappa shape index (κ3) is 4.49. The highest BCUT2D eigenvalue weighted by atomic mass is 35.5. The number of hydrogen-bond acceptors (Lipinski definition) is 3. The fraction of sp³-hybridized carbons (Fsp3) is 0.375. The van der Waals surface area contributed by atoms with Crippen molar-refractivity contribution in [1.29, 1.82) is 0 Å². The van der Waals surface area contributed by atoms with Gasteiger partial charge in [-0.25, -0.2) is 0 Å². The molecule has 1 heterocycles. The van der Waals surface area contributed by atoms with Crippen molar-refractivity contribution in [3.8, 4) is 0 Å². The summed E-state index contributed by atoms with van der Waals surface area (Å²) in [5.41, 5.74) is 9.31. The van der Waals surface area contributed by atoms with E-state index in [-0.39, 0.29) is 24.2 Å². The van der Waals surface area contributed by atoms with Gasteiger partial charge < -0.3 is 11.1 Å². The lowest BCUT2D eigenvalue weighted by atomic mass is 10.1. The second-order valence-corrected chi connectivity index (χ2v) is 5.50. The molecule has 0 fully saturated rings. The van der Waals surface area contributed by atoms with E-state index in [1.54, 1.807) is 4.68 Å². The molecule has 22 heavy (non-hydrogen) atoms. The maximum atomic E-state index is 12.1. The van der Waals surface area contributed by atoms with Crippen molar-refractivity contribution in [3.63, 3.8) is 0 Å². The standard InChI is InChI=1S/C16H22N4O.ClH/c1-11(2)16-14(10-20(3)19-16)18-15(21)9-8-12-6-4-5-7-13(12)17;/h4-7,10-11H,8-9,17H2,1-3H3,(H,18,21);1H. The van der Waals surface area contributed by atoms with E-state index in [4.69, 9.17) is 5.73 Å². The van der Waals surface area contributed by atoms with Gasteiger partial charge in [-0.15, -0.1) is 12.4 Å². The highest BCUT2D eigenvalue weighted by Gasteiger charge is 2.14. The van der Waals surface area contributed by atoms with Crippen LogP contribution in [0.5, 0.6) is 0 Å². The lowest BCUT2D eigenvalue weighted by Gasteiger charge is -2.08. The molecule has 0 radical (unpaired) electrons. The minimum atomic E-state index is -0.0202. The molecule has 0 saturated heterocycles. The predicted molar refractivity (Wildman–Crippen MR) is 92.4 cm³/mol. The highest BCUT2D eigenvalue weighted by molar-refractivity contribution is 5.91. The summed E-state index contributed by atoms with van der Waals surface area (Å²) >= 11 is 0. The molecule has 0 aliphatic carbocycles. The Morgan fingerprint density at radius 1 is 1.36 bits per heavy atom. The van der Waals surface area contributed by atoms with Crippen LogP contribution >= 0.6 is 12.4 Å². The minimum absolute atomic E-state index is 0. The number of anilines is 2. The first-order chi connectivity index (χ1) is 9.97. The summed E-state index contributed by atoms with van der Waals surface area (Å²) in [5.74, 6) is 0.249. The Hall–Kier alpha value is -2.01. The summed E-state index contributed by atoms with van der Waals surface area (Å²) in [7, 11) is 1.85. The molecular formula is C16H23ClN4O. The van der Waals surface area contributed by atoms with Crippen LogP contribution in [0.1, 0.15) is 37.4 Å². The van der Waals surface area contributed by atoms with Crippen LogP contribution in [0.25, 0.3) is 0 Å². The largest absolute Gasteiger partial charge is 0.399 e. The molecule has 1 aromatic carbocycles. The molecule has 2 rings (SSSR count). The minimum Gasteiger partial charge on any atom is -0.399 e. The van der Waals surface area contributed by atoms with Crippen molar-refractivity contribution in [3.05, 3.63) is 41.7 Å². The molecule has 1 aromatic heterocycles. The van der Waals surface area contributed by atoms with Gasteiger partial charge >= 0.3 is 0 Å². The maximum Gasteiger partial charge on any atom is 0.224 e. The zero-order valence-electron chi connectivity index (χ0n) is 13.2. The van der Waals surface area contributed by atoms with Gasteiger partial charge in [-0.3, -0.25) is 9.48 Å². The van der Waals surface area contributed by atoms with E-state index in [2.05, 4.69) is 24.3 Å². The number of aryl methyl sites for hydroxylation is 2. The number of carbonyl (C=O) groups is 1. The number of benzene rings is 1. The van der Waals surface area contributed by atoms with E-state index in [1.165, 1.54) is 0 Å². The van der Waals surface area contributed by atoms with Gasteiger partial charge in [0.2, 0.25) is 5.91 Å². The average molecular weight is 323 g/mol. The summed E-state index contributed by atoms with van der Waals surface area (Å²) in [6, 6.07) is 7.63. The predicted octanol–water partition coefficient (Wildman–Crippen LogP) is 3.12. The normalized spacial score (nSPS) is 10.4. The second-order valence-electron chi connectivity index (χ2n) is 5.50. The van der Waals surface area contributed by atoms with Crippen LogP contribution < -0.4 is 11.1 Å². The number of carbonyl (C=O) groups excluding carboxylic acids is 1. The molecule has 5 nitrogen and oxygen atoms in total. The molecule has 3 N–H and O–H groups in total. The number of nitrogens with two attached hydrogens (primary N) is 1. The smallest absolute Gasteiger partial charge is 0.224 e. The molecule has 0 atom stereocenters. The highest BCUT2D eigenvalue weighted by Crippen LogP contribution is 2.22. The monoisotopic (exact) mass is 322 g/mol. The van der Waals surface area contributed by atoms with Crippen molar-refractivity contribution in [2.75, 3.05) is 11.1 Å². The summed E-state index contributed by atoms with van der Waals surface area (Å²) in [6.45, 7) is 4.12. The third-order valence-electron chi connectivity index (χ3n) is 3.35. The zero-order chi connectivity index (χ0) is 15.4. The van der Waals surface area contributed by atoms with Gasteiger partial charge in [0.15, 0.2) is 0 Å². The van der Waals surface area contributed by atoms with Gasteiger partial charge in [0.05, 0.1) is 11.4 Å². The summed E-state index contributed by atoms with van der Waals surface area (Å²) in [4.78, 5) is 12.1. The Morgan fingerprint density at radius 3 is 2.68 bits per heavy atom. The van der Waals surface area contributed by atoms with Crippen LogP contribution in [0.3, 0.4) is 0 Å². The molecule has 120 valence electrons. The SMILES string of the molecule is CC(C)c1nn(C)cc1NC(=O)CCc1ccccc1N.Cl. The number of rotatable bonds is 5. The number of nitrogens with zero attached hydrogens (tertiary/aromatic N) is 2. The third-order valence-corrected chi connectivity index (χ3v) is 3.35. The first-order valence-corrected chi connectivity index (χ1v) is 7.14. The molecule has 0 spiro atoms. The quantitative estimate of drug-likeness (QED) is 0.831. The first-order valence-electron chi connectivity index (χ1n) is 7.14. The Morgan fingerprint density at radius 2 is 2.05 bits per heavy atom. The molecule has 1 amide bonds. The number of para-hydroxylation sites is 1. The Labute approximate surface area is 137 Å². The molecule has 2 aromatic rings. The van der Waals surface area contributed by atoms with Crippen LogP contribution in [0.15, 0.2) is 30.5 Å². The van der Waals surface area contributed by atoms with Crippen molar-refractivity contribution >= 4 is 29.7 Å². The lowest BCUT2D eigenvalue weighted by Crippen LogP contribution is -2.13. The van der Waals surface area contributed by atoms with Crippen LogP contribution in [0.4, 0.5) is 11.4 Å². The van der Waals surface area contributed by atoms with E-state index in [1.807, 2.05) is 37.5 Å². The Kier molecular flexibility index (Phi) is 6.43. The number of nitrogens with one attached hydrogen (secondary N) is 1. The molecule has 6 heteroatoms. The van der Waals surface area contributed by atoms with Gasteiger partial charge in [0.1, 0.15) is 0 Å². The molecule has 0 bridgehead atoms. The van der Waals surface area contributed by atoms with Crippen LogP contribution in [-0.2, 0) is 18.3 Å². The van der Waals surface area contributed by atoms with E-state index in [0.717, 1.165) is 22.6 Å². The van der Waals surface area contributed by atoms with Gasteiger partial charge in [-0.05, 0) is 24.0 Å². The van der Waals surface area contributed by atoms with Crippen molar-refractivity contribution < 1.29 is 4.79 Å². The van der Waals surface area contributed by atoms with Crippen LogP contribution in [0.2, 0.25) is 0 Å². The molecule has 0 unspecified atom stereocenters. The van der Waals surface area contributed by atoms with Crippen molar-refractivity contribution in [2.45, 2.75) is 32.6 Å². The maximum absolute atomic E-state index is 12.1. The van der Waals surface area contributed by atoms with Crippen LogP contribution in [0, 0.1) is 0 Å². The molecule has 0 saturated carbocycles. The topological polar surface area (TPSA) is 72.9 Å². The van der Waals surface area contributed by atoms with E-state index in [9.17, 15) is 4.79 Å². The number of halogens is 1. The summed E-state index contributed by atoms with van der Waals surface area (Å²) in [6.07, 6.45) is 2.88. The number of aromatic nitrogens is 2. The molecule has 0 aliphatic rings. The average Bonchev–Trinajstić information content (AvgIpc) is 2.79. The Bertz CT molecular complexity index is 637. The van der Waals surface area contributed by atoms with Gasteiger partial charge in [-0.1, -0.05) is 32.0 Å². The zero-order valence-corrected chi connectivity index (χ0v) is 14.0. The summed E-state index contributed by atoms with van der Waals surface area (Å²) < 4.78 is 1.72. The van der Waals surface area contributed by atoms with E-state index < -0.39 is 0 Å². The van der Waals surface area contributed by atoms with Crippen molar-refractivity contribution in [1.82, 2.24) is 9.78 Å². The number of hydrogen-bond donors (Lipinski definition) is 2. The molecule has 0 aliphatic heterocycles. The van der Waals surface area contributed by atoms with E-state index >= 15 is 0 Å². The lowest BCUT2D eigenvalue weighted by molar-refractivity contribution is -0.116. The van der Waals surface area contributed by atoms with Crippen LogP contribution in [-0.4, -0.2) is 15.7 Å². The Balaban J connectivity index is 0.00000242. The summed E-state index contributed by atoms with van der Waals surface area (Å²) in [5, 5.41) is 7.32. The fourth-order valence-corrected chi connectivity index (χ4v) is 2.25. The van der Waals surface area contributed by atoms with Gasteiger partial charge in [0, 0.05) is 25.4 Å². The second kappa shape index (κ2) is 7.84. The molecular weight excluding hydrogens is 300 g/mol. The number of nitrogen functional groups attached to an aromatic ring is 1. The van der Waals surface area contributed by atoms with Crippen molar-refractivity contribution in [2.24, 2.45) is 7.05 Å². The first kappa shape index (κ1) is 18.0. The van der Waals surface area contributed by atoms with E-state index in [0.29, 0.717) is 12.8 Å². The number of amides is 1. The van der Waals surface area contributed by atoms with Gasteiger partial charge in [-0.2, -0.15) is 5.10 Å².